The van der Waals surface area contributed by atoms with Crippen molar-refractivity contribution in [2.45, 2.75) is 44.9 Å². The van der Waals surface area contributed by atoms with Gasteiger partial charge >= 0.3 is 0 Å². The van der Waals surface area contributed by atoms with Crippen molar-refractivity contribution >= 4 is 23.4 Å². The van der Waals surface area contributed by atoms with Crippen LogP contribution in [0.3, 0.4) is 0 Å². The summed E-state index contributed by atoms with van der Waals surface area (Å²) in [6.45, 7) is 3.48. The minimum Gasteiger partial charge on any atom is -0.343 e. The van der Waals surface area contributed by atoms with Crippen LogP contribution in [0.15, 0.2) is 24.3 Å². The van der Waals surface area contributed by atoms with Crippen LogP contribution < -0.4 is 0 Å². The van der Waals surface area contributed by atoms with Gasteiger partial charge in [-0.15, -0.1) is 0 Å². The van der Waals surface area contributed by atoms with E-state index in [9.17, 15) is 9.59 Å². The van der Waals surface area contributed by atoms with Crippen LogP contribution in [0, 0.1) is 5.92 Å². The Labute approximate surface area is 155 Å². The second-order valence-corrected chi connectivity index (χ2v) is 7.71. The summed E-state index contributed by atoms with van der Waals surface area (Å²) in [5, 5.41) is 0.692. The van der Waals surface area contributed by atoms with Crippen molar-refractivity contribution in [3.8, 4) is 0 Å². The zero-order chi connectivity index (χ0) is 17.6. The van der Waals surface area contributed by atoms with Crippen LogP contribution in [0.4, 0.5) is 0 Å². The van der Waals surface area contributed by atoms with Crippen molar-refractivity contribution in [1.29, 1.82) is 0 Å². The van der Waals surface area contributed by atoms with Gasteiger partial charge in [0.15, 0.2) is 0 Å². The van der Waals surface area contributed by atoms with Gasteiger partial charge in [0, 0.05) is 37.6 Å². The molecule has 1 aromatic carbocycles. The topological polar surface area (TPSA) is 40.6 Å². The Bertz CT molecular complexity index is 596. The molecule has 4 nitrogen and oxygen atoms in total. The Hall–Kier alpha value is -1.55. The minimum atomic E-state index is 0.179. The van der Waals surface area contributed by atoms with E-state index in [0.29, 0.717) is 29.7 Å². The Balaban J connectivity index is 1.46. The first-order chi connectivity index (χ1) is 12.1. The molecule has 2 amide bonds. The van der Waals surface area contributed by atoms with E-state index in [1.54, 1.807) is 0 Å². The number of likely N-dealkylation sites (tertiary alicyclic amines) is 2. The zero-order valence-electron chi connectivity index (χ0n) is 14.8. The summed E-state index contributed by atoms with van der Waals surface area (Å²) in [7, 11) is 0. The smallest absolute Gasteiger partial charge is 0.226 e. The molecule has 0 spiro atoms. The third-order valence-electron chi connectivity index (χ3n) is 5.37. The predicted molar refractivity (Wildman–Crippen MR) is 99.5 cm³/mol. The van der Waals surface area contributed by atoms with Crippen molar-refractivity contribution < 1.29 is 9.59 Å². The van der Waals surface area contributed by atoms with E-state index in [1.165, 1.54) is 0 Å². The molecule has 0 radical (unpaired) electrons. The molecule has 5 heteroatoms. The van der Waals surface area contributed by atoms with Gasteiger partial charge in [0.25, 0.3) is 0 Å². The van der Waals surface area contributed by atoms with E-state index < -0.39 is 0 Å². The molecule has 2 fully saturated rings. The maximum absolute atomic E-state index is 12.6. The van der Waals surface area contributed by atoms with Gasteiger partial charge < -0.3 is 9.80 Å². The average molecular weight is 363 g/mol. The number of benzene rings is 1. The molecule has 1 aromatic rings. The highest BCUT2D eigenvalue weighted by Crippen LogP contribution is 2.23. The molecular weight excluding hydrogens is 336 g/mol. The molecule has 136 valence electrons. The third-order valence-corrected chi connectivity index (χ3v) is 5.62. The lowest BCUT2D eigenvalue weighted by Crippen LogP contribution is -2.41. The molecule has 3 rings (SSSR count). The predicted octanol–water partition coefficient (Wildman–Crippen LogP) is 3.52. The van der Waals surface area contributed by atoms with Crippen molar-refractivity contribution in [3.05, 3.63) is 34.9 Å². The molecule has 1 atom stereocenters. The van der Waals surface area contributed by atoms with Gasteiger partial charge in [-0.25, -0.2) is 0 Å². The Morgan fingerprint density at radius 3 is 2.36 bits per heavy atom. The number of hydrogen-bond donors (Lipinski definition) is 0. The van der Waals surface area contributed by atoms with Gasteiger partial charge in [0.1, 0.15) is 0 Å². The fourth-order valence-corrected chi connectivity index (χ4v) is 3.99. The fraction of sp³-hybridized carbons (Fsp3) is 0.600. The third kappa shape index (κ3) is 5.21. The Morgan fingerprint density at radius 1 is 0.960 bits per heavy atom. The first-order valence-electron chi connectivity index (χ1n) is 9.42. The first-order valence-corrected chi connectivity index (χ1v) is 9.79. The van der Waals surface area contributed by atoms with Gasteiger partial charge in [0.2, 0.25) is 11.8 Å². The summed E-state index contributed by atoms with van der Waals surface area (Å²) in [6, 6.07) is 7.48. The lowest BCUT2D eigenvalue weighted by molar-refractivity contribution is -0.132. The molecular formula is C20H27ClN2O2. The van der Waals surface area contributed by atoms with Crippen LogP contribution >= 0.6 is 11.6 Å². The fourth-order valence-electron chi connectivity index (χ4n) is 3.87. The molecule has 2 aliphatic rings. The molecule has 0 aliphatic carbocycles. The number of hydrogen-bond acceptors (Lipinski definition) is 2. The molecule has 0 saturated carbocycles. The SMILES string of the molecule is O=C(CCC1CCCN(C(=O)Cc2ccc(Cl)cc2)C1)N1CCCC1. The highest BCUT2D eigenvalue weighted by molar-refractivity contribution is 6.30. The summed E-state index contributed by atoms with van der Waals surface area (Å²) >= 11 is 5.90. The van der Waals surface area contributed by atoms with Crippen molar-refractivity contribution in [2.75, 3.05) is 26.2 Å². The van der Waals surface area contributed by atoms with Gasteiger partial charge in [-0.3, -0.25) is 9.59 Å². The highest BCUT2D eigenvalue weighted by atomic mass is 35.5. The maximum atomic E-state index is 12.6. The van der Waals surface area contributed by atoms with Crippen LogP contribution in [0.25, 0.3) is 0 Å². The normalized spacial score (nSPS) is 20.8. The van der Waals surface area contributed by atoms with E-state index in [1.807, 2.05) is 34.1 Å². The van der Waals surface area contributed by atoms with Crippen LogP contribution in [0.1, 0.15) is 44.1 Å². The monoisotopic (exact) mass is 362 g/mol. The average Bonchev–Trinajstić information content (AvgIpc) is 3.16. The van der Waals surface area contributed by atoms with E-state index in [-0.39, 0.29) is 5.91 Å². The molecule has 2 saturated heterocycles. The quantitative estimate of drug-likeness (QED) is 0.804. The molecule has 0 bridgehead atoms. The zero-order valence-corrected chi connectivity index (χ0v) is 15.5. The number of carbonyl (C=O) groups is 2. The highest BCUT2D eigenvalue weighted by Gasteiger charge is 2.25. The molecule has 2 aliphatic heterocycles. The molecule has 25 heavy (non-hydrogen) atoms. The minimum absolute atomic E-state index is 0.179. The van der Waals surface area contributed by atoms with Gasteiger partial charge in [0.05, 0.1) is 6.42 Å². The molecule has 1 unspecified atom stereocenters. The second kappa shape index (κ2) is 8.70. The summed E-state index contributed by atoms with van der Waals surface area (Å²) in [4.78, 5) is 28.7. The number of amides is 2. The summed E-state index contributed by atoms with van der Waals surface area (Å²) < 4.78 is 0. The maximum Gasteiger partial charge on any atom is 0.226 e. The van der Waals surface area contributed by atoms with Gasteiger partial charge in [-0.05, 0) is 55.7 Å². The van der Waals surface area contributed by atoms with Crippen molar-refractivity contribution in [2.24, 2.45) is 5.92 Å². The number of nitrogens with zero attached hydrogens (tertiary/aromatic N) is 2. The lowest BCUT2D eigenvalue weighted by atomic mass is 9.92. The van der Waals surface area contributed by atoms with Gasteiger partial charge in [-0.1, -0.05) is 23.7 Å². The summed E-state index contributed by atoms with van der Waals surface area (Å²) in [5.74, 6) is 0.925. The van der Waals surface area contributed by atoms with Crippen LogP contribution in [0.5, 0.6) is 0 Å². The Kier molecular flexibility index (Phi) is 6.35. The number of halogens is 1. The summed E-state index contributed by atoms with van der Waals surface area (Å²) in [5.41, 5.74) is 1.00. The standard InChI is InChI=1S/C20H27ClN2O2/c21-18-8-5-16(6-9-18)14-20(25)23-13-3-4-17(15-23)7-10-19(24)22-11-1-2-12-22/h5-6,8-9,17H,1-4,7,10-15H2. The van der Waals surface area contributed by atoms with E-state index >= 15 is 0 Å². The largest absolute Gasteiger partial charge is 0.343 e. The Morgan fingerprint density at radius 2 is 1.64 bits per heavy atom. The molecule has 0 N–H and O–H groups in total. The van der Waals surface area contributed by atoms with E-state index in [4.69, 9.17) is 11.6 Å². The van der Waals surface area contributed by atoms with E-state index in [0.717, 1.165) is 63.8 Å². The van der Waals surface area contributed by atoms with E-state index in [2.05, 4.69) is 0 Å². The van der Waals surface area contributed by atoms with Crippen molar-refractivity contribution in [3.63, 3.8) is 0 Å². The number of piperidine rings is 1. The van der Waals surface area contributed by atoms with Crippen LogP contribution in [-0.2, 0) is 16.0 Å². The van der Waals surface area contributed by atoms with Crippen LogP contribution in [0.2, 0.25) is 5.02 Å². The number of carbonyl (C=O) groups excluding carboxylic acids is 2. The molecule has 2 heterocycles. The second-order valence-electron chi connectivity index (χ2n) is 7.28. The summed E-state index contributed by atoms with van der Waals surface area (Å²) in [6.07, 6.45) is 6.40. The number of rotatable bonds is 5. The molecule has 0 aromatic heterocycles. The van der Waals surface area contributed by atoms with Gasteiger partial charge in [-0.2, -0.15) is 0 Å². The lowest BCUT2D eigenvalue weighted by Gasteiger charge is -2.33. The first kappa shape index (κ1) is 18.2. The van der Waals surface area contributed by atoms with Crippen molar-refractivity contribution in [1.82, 2.24) is 9.80 Å². The van der Waals surface area contributed by atoms with Crippen LogP contribution in [-0.4, -0.2) is 47.8 Å².